The second-order valence-corrected chi connectivity index (χ2v) is 10.3. The average Bonchev–Trinajstić information content (AvgIpc) is 3.24. The maximum atomic E-state index is 13.3. The van der Waals surface area contributed by atoms with E-state index in [-0.39, 0.29) is 17.9 Å². The number of amides is 1. The van der Waals surface area contributed by atoms with Crippen LogP contribution in [0.2, 0.25) is 0 Å². The van der Waals surface area contributed by atoms with Crippen LogP contribution in [0.25, 0.3) is 11.0 Å². The van der Waals surface area contributed by atoms with E-state index >= 15 is 0 Å². The zero-order chi connectivity index (χ0) is 22.3. The van der Waals surface area contributed by atoms with Crippen molar-refractivity contribution in [3.8, 4) is 0 Å². The molecule has 4 rings (SSSR count). The molecular formula is C23H29N3O3S2. The summed E-state index contributed by atoms with van der Waals surface area (Å²) < 4.78 is 8.98. The summed E-state index contributed by atoms with van der Waals surface area (Å²) in [7, 11) is 0. The fourth-order valence-corrected chi connectivity index (χ4v) is 5.61. The molecule has 1 saturated heterocycles. The molecule has 1 aromatic carbocycles. The fraction of sp³-hybridized carbons (Fsp3) is 0.522. The van der Waals surface area contributed by atoms with E-state index in [1.165, 1.54) is 0 Å². The van der Waals surface area contributed by atoms with E-state index < -0.39 is 5.41 Å². The fourth-order valence-electron chi connectivity index (χ4n) is 4.50. The summed E-state index contributed by atoms with van der Waals surface area (Å²) in [5.74, 6) is 0.382. The van der Waals surface area contributed by atoms with Gasteiger partial charge in [-0.15, -0.1) is 23.5 Å². The maximum absolute atomic E-state index is 13.3. The first-order valence-corrected chi connectivity index (χ1v) is 13.1. The van der Waals surface area contributed by atoms with E-state index in [1.807, 2.05) is 54.9 Å². The van der Waals surface area contributed by atoms with Crippen LogP contribution in [0.3, 0.4) is 0 Å². The quantitative estimate of drug-likeness (QED) is 0.441. The number of likely N-dealkylation sites (N-methyl/N-ethyl adjacent to an activating group) is 1. The smallest absolute Gasteiger partial charge is 0.237 e. The number of allylic oxidation sites excluding steroid dienone is 1. The SMILES string of the molecule is CCN1C(=O)C(C)(C)c2cc3c(cc21)nc(C(=O)C=C(SC)SC)n3C1CCCCO1. The van der Waals surface area contributed by atoms with Crippen molar-refractivity contribution in [2.75, 3.05) is 30.6 Å². The van der Waals surface area contributed by atoms with Gasteiger partial charge in [-0.05, 0) is 70.2 Å². The van der Waals surface area contributed by atoms with Crippen molar-refractivity contribution in [2.45, 2.75) is 51.7 Å². The summed E-state index contributed by atoms with van der Waals surface area (Å²) >= 11 is 3.11. The van der Waals surface area contributed by atoms with Gasteiger partial charge in [0, 0.05) is 23.5 Å². The molecular weight excluding hydrogens is 430 g/mol. The Hall–Kier alpha value is -1.77. The zero-order valence-corrected chi connectivity index (χ0v) is 20.4. The van der Waals surface area contributed by atoms with Gasteiger partial charge in [-0.1, -0.05) is 0 Å². The van der Waals surface area contributed by atoms with Gasteiger partial charge in [-0.2, -0.15) is 0 Å². The van der Waals surface area contributed by atoms with Crippen LogP contribution in [-0.2, 0) is 14.9 Å². The Labute approximate surface area is 191 Å². The van der Waals surface area contributed by atoms with Crippen LogP contribution < -0.4 is 4.90 Å². The molecule has 0 spiro atoms. The van der Waals surface area contributed by atoms with Gasteiger partial charge in [0.15, 0.2) is 5.82 Å². The highest BCUT2D eigenvalue weighted by Gasteiger charge is 2.44. The molecule has 6 nitrogen and oxygen atoms in total. The summed E-state index contributed by atoms with van der Waals surface area (Å²) in [5.41, 5.74) is 2.84. The monoisotopic (exact) mass is 459 g/mol. The number of fused-ring (bicyclic) bond motifs is 2. The Morgan fingerprint density at radius 3 is 2.65 bits per heavy atom. The lowest BCUT2D eigenvalue weighted by molar-refractivity contribution is -0.122. The molecule has 1 unspecified atom stereocenters. The van der Waals surface area contributed by atoms with Gasteiger partial charge in [-0.25, -0.2) is 4.98 Å². The molecule has 1 fully saturated rings. The van der Waals surface area contributed by atoms with Gasteiger partial charge < -0.3 is 9.64 Å². The first-order chi connectivity index (χ1) is 14.8. The molecule has 0 N–H and O–H groups in total. The van der Waals surface area contributed by atoms with Gasteiger partial charge in [0.25, 0.3) is 0 Å². The second kappa shape index (κ2) is 8.64. The predicted molar refractivity (Wildman–Crippen MR) is 129 cm³/mol. The van der Waals surface area contributed by atoms with Crippen molar-refractivity contribution in [3.63, 3.8) is 0 Å². The molecule has 1 atom stereocenters. The van der Waals surface area contributed by atoms with E-state index in [1.54, 1.807) is 29.6 Å². The van der Waals surface area contributed by atoms with Gasteiger partial charge >= 0.3 is 0 Å². The van der Waals surface area contributed by atoms with Crippen LogP contribution in [0.4, 0.5) is 5.69 Å². The lowest BCUT2D eigenvalue weighted by Gasteiger charge is -2.26. The molecule has 8 heteroatoms. The second-order valence-electron chi connectivity index (χ2n) is 8.39. The summed E-state index contributed by atoms with van der Waals surface area (Å²) in [6.45, 7) is 7.19. The minimum atomic E-state index is -0.614. The summed E-state index contributed by atoms with van der Waals surface area (Å²) in [5, 5.41) is 0. The molecule has 1 aromatic heterocycles. The van der Waals surface area contributed by atoms with Crippen molar-refractivity contribution in [1.82, 2.24) is 9.55 Å². The number of ether oxygens (including phenoxy) is 1. The molecule has 31 heavy (non-hydrogen) atoms. The largest absolute Gasteiger partial charge is 0.358 e. The van der Waals surface area contributed by atoms with Gasteiger partial charge in [0.1, 0.15) is 6.23 Å². The highest BCUT2D eigenvalue weighted by molar-refractivity contribution is 8.21. The van der Waals surface area contributed by atoms with Crippen LogP contribution >= 0.6 is 23.5 Å². The first kappa shape index (κ1) is 22.4. The minimum absolute atomic E-state index is 0.0990. The number of rotatable bonds is 6. The summed E-state index contributed by atoms with van der Waals surface area (Å²) in [6, 6.07) is 4.01. The van der Waals surface area contributed by atoms with Crippen LogP contribution in [0.15, 0.2) is 22.4 Å². The predicted octanol–water partition coefficient (Wildman–Crippen LogP) is 5.13. The highest BCUT2D eigenvalue weighted by Crippen LogP contribution is 2.44. The zero-order valence-electron chi connectivity index (χ0n) is 18.7. The van der Waals surface area contributed by atoms with Gasteiger partial charge in [0.05, 0.1) is 22.1 Å². The maximum Gasteiger partial charge on any atom is 0.237 e. The summed E-state index contributed by atoms with van der Waals surface area (Å²) in [4.78, 5) is 32.8. The van der Waals surface area contributed by atoms with E-state index in [2.05, 4.69) is 0 Å². The van der Waals surface area contributed by atoms with Crippen LogP contribution in [0, 0.1) is 0 Å². The van der Waals surface area contributed by atoms with Crippen LogP contribution in [0.5, 0.6) is 0 Å². The van der Waals surface area contributed by atoms with Crippen molar-refractivity contribution in [1.29, 1.82) is 0 Å². The standard InChI is InChI=1S/C23H29N3O3S2/c1-6-25-16-12-15-17(11-14(16)23(2,3)22(25)28)26(19-9-7-8-10-29-19)21(24-15)18(27)13-20(30-4)31-5/h11-13,19H,6-10H2,1-5H3. The van der Waals surface area contributed by atoms with E-state index in [9.17, 15) is 9.59 Å². The number of hydrogen-bond donors (Lipinski definition) is 0. The molecule has 166 valence electrons. The van der Waals surface area contributed by atoms with Crippen LogP contribution in [-0.4, -0.2) is 46.9 Å². The average molecular weight is 460 g/mol. The van der Waals surface area contributed by atoms with Crippen molar-refractivity contribution >= 4 is 51.9 Å². The topological polar surface area (TPSA) is 64.4 Å². The number of nitrogens with zero attached hydrogens (tertiary/aromatic N) is 3. The highest BCUT2D eigenvalue weighted by atomic mass is 32.2. The number of carbonyl (C=O) groups is 2. The molecule has 0 saturated carbocycles. The number of thioether (sulfide) groups is 2. The van der Waals surface area contributed by atoms with Crippen molar-refractivity contribution in [3.05, 3.63) is 33.8 Å². The number of hydrogen-bond acceptors (Lipinski definition) is 6. The molecule has 1 amide bonds. The molecule has 0 radical (unpaired) electrons. The minimum Gasteiger partial charge on any atom is -0.358 e. The molecule has 0 aliphatic carbocycles. The molecule has 2 aliphatic rings. The van der Waals surface area contributed by atoms with Gasteiger partial charge in [0.2, 0.25) is 11.7 Å². The number of carbonyl (C=O) groups excluding carboxylic acids is 2. The third-order valence-corrected chi connectivity index (χ3v) is 8.22. The number of anilines is 1. The Balaban J connectivity index is 1.94. The van der Waals surface area contributed by atoms with Gasteiger partial charge in [-0.3, -0.25) is 14.2 Å². The Morgan fingerprint density at radius 1 is 1.29 bits per heavy atom. The number of ketones is 1. The lowest BCUT2D eigenvalue weighted by Crippen LogP contribution is -2.35. The third-order valence-electron chi connectivity index (χ3n) is 6.18. The van der Waals surface area contributed by atoms with E-state index in [0.29, 0.717) is 19.0 Å². The number of aromatic nitrogens is 2. The Morgan fingerprint density at radius 2 is 2.03 bits per heavy atom. The Bertz CT molecular complexity index is 1060. The molecule has 3 heterocycles. The normalized spacial score (nSPS) is 20.2. The first-order valence-electron chi connectivity index (χ1n) is 10.7. The van der Waals surface area contributed by atoms with Crippen molar-refractivity contribution < 1.29 is 14.3 Å². The molecule has 2 aromatic rings. The number of benzene rings is 1. The van der Waals surface area contributed by atoms with E-state index in [4.69, 9.17) is 9.72 Å². The van der Waals surface area contributed by atoms with Crippen molar-refractivity contribution in [2.24, 2.45) is 0 Å². The third kappa shape index (κ3) is 3.72. The molecule has 2 aliphatic heterocycles. The lowest BCUT2D eigenvalue weighted by atomic mass is 9.86. The number of imidazole rings is 1. The molecule has 0 bridgehead atoms. The Kier molecular flexibility index (Phi) is 6.25. The summed E-state index contributed by atoms with van der Waals surface area (Å²) in [6.07, 6.45) is 8.28. The van der Waals surface area contributed by atoms with E-state index in [0.717, 1.165) is 45.8 Å². The van der Waals surface area contributed by atoms with Crippen LogP contribution in [0.1, 0.15) is 62.4 Å².